The van der Waals surface area contributed by atoms with Gasteiger partial charge in [0, 0.05) is 21.7 Å². The fourth-order valence-electron chi connectivity index (χ4n) is 0. The fraction of sp³-hybridized carbons (Fsp3) is 1.00. The van der Waals surface area contributed by atoms with Gasteiger partial charge >= 0.3 is 29.6 Å². The minimum absolute atomic E-state index is 0. The molecule has 2 heteroatoms. The van der Waals surface area contributed by atoms with E-state index in [1.165, 1.54) is 0 Å². The molecule has 0 saturated heterocycles. The van der Waals surface area contributed by atoms with Gasteiger partial charge in [0.15, 0.2) is 0 Å². The van der Waals surface area contributed by atoms with Gasteiger partial charge in [-0.05, 0) is 0 Å². The molecule has 4 heavy (non-hydrogen) atoms. The number of hydrogen-bond acceptors (Lipinski definition) is 0. The molecule has 0 heterocycles. The quantitative estimate of drug-likeness (QED) is 0.427. The summed E-state index contributed by atoms with van der Waals surface area (Å²) in [6.45, 7) is 0. The molecular formula is C2H6Ti2. The summed E-state index contributed by atoms with van der Waals surface area (Å²) in [5.74, 6) is 0. The Kier molecular flexibility index (Phi) is 20.0. The molecular weight excluding hydrogens is 120 g/mol. The molecule has 0 atom stereocenters. The molecule has 0 spiro atoms. The maximum Gasteiger partial charge on any atom is 0 e. The number of rotatable bonds is 0. The van der Waals surface area contributed by atoms with E-state index in [9.17, 15) is 0 Å². The molecule has 0 unspecified atom stereocenters. The summed E-state index contributed by atoms with van der Waals surface area (Å²) in [7, 11) is 0. The van der Waals surface area contributed by atoms with Crippen molar-refractivity contribution in [2.24, 2.45) is 0 Å². The van der Waals surface area contributed by atoms with Crippen LogP contribution >= 0.6 is 0 Å². The Morgan fingerprint density at radius 3 is 1.25 bits per heavy atom. The van der Waals surface area contributed by atoms with Crippen molar-refractivity contribution in [1.29, 1.82) is 0 Å². The molecule has 0 rings (SSSR count). The summed E-state index contributed by atoms with van der Waals surface area (Å²) in [4.78, 5) is 0. The first-order valence-electron chi connectivity index (χ1n) is 1.00. The van der Waals surface area contributed by atoms with Crippen molar-refractivity contribution in [3.63, 3.8) is 0 Å². The standard InChI is InChI=1S/2CH3.2Ti/h2*1H3;;. The van der Waals surface area contributed by atoms with Gasteiger partial charge in [-0.3, -0.25) is 0 Å². The first kappa shape index (κ1) is 9.06. The van der Waals surface area contributed by atoms with Crippen molar-refractivity contribution in [1.82, 2.24) is 0 Å². The van der Waals surface area contributed by atoms with Crippen LogP contribution < -0.4 is 0 Å². The minimum atomic E-state index is 0. The van der Waals surface area contributed by atoms with Crippen molar-refractivity contribution >= 4 is 0 Å². The average molecular weight is 126 g/mol. The van der Waals surface area contributed by atoms with Crippen LogP contribution in [0.4, 0.5) is 0 Å². The van der Waals surface area contributed by atoms with E-state index in [-0.39, 0.29) is 21.7 Å². The van der Waals surface area contributed by atoms with E-state index in [0.29, 0.717) is 19.2 Å². The fourth-order valence-corrected chi connectivity index (χ4v) is 0. The smallest absolute Gasteiger partial charge is 0 e. The van der Waals surface area contributed by atoms with Crippen LogP contribution in [0.5, 0.6) is 0 Å². The third kappa shape index (κ3) is 9.91. The molecule has 0 aliphatic rings. The molecule has 0 aromatic heterocycles. The molecule has 0 saturated carbocycles. The van der Waals surface area contributed by atoms with Gasteiger partial charge in [0.25, 0.3) is 0 Å². The molecule has 0 nitrogen and oxygen atoms in total. The van der Waals surface area contributed by atoms with Gasteiger partial charge in [0.1, 0.15) is 0 Å². The molecule has 0 aromatic carbocycles. The molecule has 0 aliphatic heterocycles. The van der Waals surface area contributed by atoms with E-state index in [1.807, 2.05) is 0 Å². The Morgan fingerprint density at radius 1 is 1.25 bits per heavy atom. The van der Waals surface area contributed by atoms with Crippen molar-refractivity contribution in [2.45, 2.75) is 10.5 Å². The summed E-state index contributed by atoms with van der Waals surface area (Å²) in [5, 5.41) is 4.50. The predicted molar refractivity (Wildman–Crippen MR) is 11.7 cm³/mol. The monoisotopic (exact) mass is 126 g/mol. The average Bonchev–Trinajstić information content (AvgIpc) is 0.918. The number of hydrogen-bond donors (Lipinski definition) is 0. The predicted octanol–water partition coefficient (Wildman–Crippen LogP) is 1.16. The summed E-state index contributed by atoms with van der Waals surface area (Å²) in [5.41, 5.74) is 0. The van der Waals surface area contributed by atoms with Gasteiger partial charge in [0.05, 0.1) is 0 Å². The Morgan fingerprint density at radius 2 is 1.25 bits per heavy atom. The summed E-state index contributed by atoms with van der Waals surface area (Å²) in [6, 6.07) is 0. The van der Waals surface area contributed by atoms with E-state index >= 15 is 0 Å². The van der Waals surface area contributed by atoms with Crippen LogP contribution in [0.25, 0.3) is 0 Å². The van der Waals surface area contributed by atoms with Gasteiger partial charge in [-0.25, -0.2) is 0 Å². The third-order valence-electron chi connectivity index (χ3n) is 0. The van der Waals surface area contributed by atoms with Crippen LogP contribution in [0.15, 0.2) is 0 Å². The van der Waals surface area contributed by atoms with Gasteiger partial charge in [0.2, 0.25) is 0 Å². The van der Waals surface area contributed by atoms with Crippen LogP contribution in [-0.4, -0.2) is 0 Å². The van der Waals surface area contributed by atoms with Crippen molar-refractivity contribution in [3.8, 4) is 0 Å². The first-order valence-corrected chi connectivity index (χ1v) is 4.12. The van der Waals surface area contributed by atoms with Crippen molar-refractivity contribution in [2.75, 3.05) is 0 Å². The van der Waals surface area contributed by atoms with Gasteiger partial charge in [-0.2, -0.15) is 0 Å². The van der Waals surface area contributed by atoms with Crippen LogP contribution in [0.2, 0.25) is 10.5 Å². The maximum absolute atomic E-state index is 2.25. The van der Waals surface area contributed by atoms with Crippen LogP contribution in [0.1, 0.15) is 0 Å². The van der Waals surface area contributed by atoms with E-state index in [2.05, 4.69) is 10.5 Å². The molecule has 0 aromatic rings. The SMILES string of the molecule is [CH3][Ti][CH3].[Ti]. The zero-order valence-corrected chi connectivity index (χ0v) is 6.12. The normalized spacial score (nSPS) is 3.50. The second kappa shape index (κ2) is 8.83. The molecule has 0 N–H and O–H groups in total. The second-order valence-corrected chi connectivity index (χ2v) is 2.06. The zero-order chi connectivity index (χ0) is 2.71. The summed E-state index contributed by atoms with van der Waals surface area (Å²) < 4.78 is 0. The van der Waals surface area contributed by atoms with Crippen LogP contribution in [0, 0.1) is 0 Å². The van der Waals surface area contributed by atoms with Crippen LogP contribution in [0.3, 0.4) is 0 Å². The van der Waals surface area contributed by atoms with Crippen molar-refractivity contribution < 1.29 is 40.9 Å². The Labute approximate surface area is 51.2 Å². The molecule has 0 amide bonds. The van der Waals surface area contributed by atoms with Gasteiger partial charge < -0.3 is 0 Å². The Bertz CT molecular complexity index is 4.00. The molecule has 0 aliphatic carbocycles. The Balaban J connectivity index is 0. The molecule has 22 valence electrons. The summed E-state index contributed by atoms with van der Waals surface area (Å²) >= 11 is 0.500. The molecule has 0 fully saturated rings. The Hall–Kier alpha value is 1.43. The first-order chi connectivity index (χ1) is 1.41. The minimum Gasteiger partial charge on any atom is 0 e. The van der Waals surface area contributed by atoms with E-state index < -0.39 is 0 Å². The second-order valence-electron chi connectivity index (χ2n) is 0.500. The third-order valence-corrected chi connectivity index (χ3v) is 0. The topological polar surface area (TPSA) is 0 Å². The maximum atomic E-state index is 2.25. The molecule has 0 radical (unpaired) electrons. The summed E-state index contributed by atoms with van der Waals surface area (Å²) in [6.07, 6.45) is 0. The van der Waals surface area contributed by atoms with E-state index in [4.69, 9.17) is 0 Å². The zero-order valence-electron chi connectivity index (χ0n) is 3.00. The van der Waals surface area contributed by atoms with Crippen molar-refractivity contribution in [3.05, 3.63) is 0 Å². The largest absolute Gasteiger partial charge is 0 e. The van der Waals surface area contributed by atoms with E-state index in [0.717, 1.165) is 0 Å². The van der Waals surface area contributed by atoms with Crippen LogP contribution in [-0.2, 0) is 40.9 Å². The molecule has 0 bridgehead atoms. The van der Waals surface area contributed by atoms with Gasteiger partial charge in [-0.15, -0.1) is 0 Å². The van der Waals surface area contributed by atoms with E-state index in [1.54, 1.807) is 0 Å². The van der Waals surface area contributed by atoms with Gasteiger partial charge in [-0.1, -0.05) is 0 Å².